The van der Waals surface area contributed by atoms with E-state index in [1.807, 2.05) is 0 Å². The first-order chi connectivity index (χ1) is 5.66. The molecular weight excluding hydrogens is 240 g/mol. The van der Waals surface area contributed by atoms with Crippen LogP contribution in [0.3, 0.4) is 0 Å². The van der Waals surface area contributed by atoms with E-state index in [1.165, 1.54) is 13.8 Å². The van der Waals surface area contributed by atoms with Gasteiger partial charge in [0, 0.05) is 0 Å². The lowest BCUT2D eigenvalue weighted by atomic mass is 10.1. The summed E-state index contributed by atoms with van der Waals surface area (Å²) < 4.78 is 15.9. The predicted molar refractivity (Wildman–Crippen MR) is 46.7 cm³/mol. The minimum Gasteiger partial charge on any atom is -0.433 e. The molecule has 5 nitrogen and oxygen atoms in total. The van der Waals surface area contributed by atoms with Gasteiger partial charge in [-0.2, -0.15) is 4.67 Å². The summed E-state index contributed by atoms with van der Waals surface area (Å²) in [4.78, 5) is 22.3. The number of hydrogen-bond acceptors (Lipinski definition) is 4. The first-order valence-corrected chi connectivity index (χ1v) is 6.70. The van der Waals surface area contributed by atoms with Crippen LogP contribution in [0.15, 0.2) is 0 Å². The minimum absolute atomic E-state index is 0.246. The molecule has 0 aromatic carbocycles. The van der Waals surface area contributed by atoms with Crippen LogP contribution in [0.4, 0.5) is 4.79 Å². The summed E-state index contributed by atoms with van der Waals surface area (Å²) in [5.74, 6) is -4.75. The van der Waals surface area contributed by atoms with E-state index in [1.54, 1.807) is 0 Å². The Morgan fingerprint density at radius 3 is 2.00 bits per heavy atom. The van der Waals surface area contributed by atoms with Gasteiger partial charge < -0.3 is 4.74 Å². The molecule has 1 aliphatic rings. The Morgan fingerprint density at radius 1 is 1.38 bits per heavy atom. The highest BCUT2D eigenvalue weighted by molar-refractivity contribution is 8.07. The molecule has 0 unspecified atom stereocenters. The molecule has 1 heterocycles. The smallest absolute Gasteiger partial charge is 0.425 e. The second-order valence-electron chi connectivity index (χ2n) is 2.93. The van der Waals surface area contributed by atoms with Gasteiger partial charge in [-0.1, -0.05) is 0 Å². The summed E-state index contributed by atoms with van der Waals surface area (Å²) in [6, 6.07) is 0. The number of halogens is 2. The number of ether oxygens (including phenoxy) is 1. The van der Waals surface area contributed by atoms with Crippen LogP contribution in [0.2, 0.25) is 0 Å². The number of amides is 2. The van der Waals surface area contributed by atoms with Gasteiger partial charge in [0.15, 0.2) is 5.60 Å². The molecule has 1 saturated heterocycles. The van der Waals surface area contributed by atoms with Crippen molar-refractivity contribution in [2.75, 3.05) is 0 Å². The summed E-state index contributed by atoms with van der Waals surface area (Å²) in [7, 11) is 0. The lowest BCUT2D eigenvalue weighted by Crippen LogP contribution is -2.32. The Labute approximate surface area is 83.9 Å². The van der Waals surface area contributed by atoms with Crippen molar-refractivity contribution >= 4 is 40.5 Å². The van der Waals surface area contributed by atoms with Crippen LogP contribution < -0.4 is 0 Å². The van der Waals surface area contributed by atoms with E-state index < -0.39 is 23.6 Å². The highest BCUT2D eigenvalue weighted by Crippen LogP contribution is 2.62. The predicted octanol–water partition coefficient (Wildman–Crippen LogP) is 2.33. The van der Waals surface area contributed by atoms with Crippen molar-refractivity contribution < 1.29 is 18.9 Å². The molecular formula is C5H6Cl2NO4P. The highest BCUT2D eigenvalue weighted by atomic mass is 35.9. The molecule has 0 spiro atoms. The van der Waals surface area contributed by atoms with E-state index in [2.05, 4.69) is 4.74 Å². The molecule has 1 aliphatic heterocycles. The first-order valence-electron chi connectivity index (χ1n) is 3.23. The maximum Gasteiger partial charge on any atom is 0.425 e. The van der Waals surface area contributed by atoms with Crippen molar-refractivity contribution in [1.82, 2.24) is 4.67 Å². The van der Waals surface area contributed by atoms with Gasteiger partial charge in [0.2, 0.25) is 0 Å². The van der Waals surface area contributed by atoms with Crippen molar-refractivity contribution in [3.05, 3.63) is 0 Å². The van der Waals surface area contributed by atoms with E-state index in [9.17, 15) is 14.2 Å². The molecule has 1 fully saturated rings. The molecule has 13 heavy (non-hydrogen) atoms. The fraction of sp³-hybridized carbons (Fsp3) is 0.600. The van der Waals surface area contributed by atoms with E-state index >= 15 is 0 Å². The molecule has 0 N–H and O–H groups in total. The van der Waals surface area contributed by atoms with Crippen LogP contribution in [0.25, 0.3) is 0 Å². The monoisotopic (exact) mass is 245 g/mol. The summed E-state index contributed by atoms with van der Waals surface area (Å²) in [5, 5.41) is 0. The van der Waals surface area contributed by atoms with E-state index in [-0.39, 0.29) is 4.67 Å². The Bertz CT molecular complexity index is 322. The molecule has 0 radical (unpaired) electrons. The van der Waals surface area contributed by atoms with Crippen molar-refractivity contribution in [1.29, 1.82) is 0 Å². The molecule has 0 aromatic heterocycles. The quantitative estimate of drug-likeness (QED) is 0.666. The molecule has 1 rings (SSSR count). The van der Waals surface area contributed by atoms with Crippen LogP contribution in [0.5, 0.6) is 0 Å². The van der Waals surface area contributed by atoms with Crippen molar-refractivity contribution in [3.8, 4) is 0 Å². The van der Waals surface area contributed by atoms with Gasteiger partial charge in [-0.25, -0.2) is 4.79 Å². The standard InChI is InChI=1S/C5H6Cl2NO4P/c1-5(2)3(9)8(4(10)12-5)13(6,7)11/h1-2H3. The third-order valence-electron chi connectivity index (χ3n) is 1.46. The zero-order valence-electron chi connectivity index (χ0n) is 6.78. The average Bonchev–Trinajstić information content (AvgIpc) is 1.99. The van der Waals surface area contributed by atoms with E-state index in [0.717, 1.165) is 0 Å². The third kappa shape index (κ3) is 1.82. The molecule has 8 heteroatoms. The highest BCUT2D eigenvalue weighted by Gasteiger charge is 2.53. The van der Waals surface area contributed by atoms with E-state index in [0.29, 0.717) is 0 Å². The van der Waals surface area contributed by atoms with Crippen LogP contribution in [-0.4, -0.2) is 22.3 Å². The normalized spacial score (nSPS) is 22.0. The number of rotatable bonds is 1. The van der Waals surface area contributed by atoms with Gasteiger partial charge in [-0.15, -0.1) is 0 Å². The lowest BCUT2D eigenvalue weighted by molar-refractivity contribution is -0.131. The summed E-state index contributed by atoms with van der Waals surface area (Å²) >= 11 is 10.4. The van der Waals surface area contributed by atoms with Gasteiger partial charge in [0.1, 0.15) is 0 Å². The van der Waals surface area contributed by atoms with Crippen LogP contribution >= 0.6 is 28.5 Å². The molecule has 0 aromatic rings. The zero-order chi connectivity index (χ0) is 10.4. The lowest BCUT2D eigenvalue weighted by Gasteiger charge is -2.13. The van der Waals surface area contributed by atoms with Gasteiger partial charge in [-0.05, 0) is 36.3 Å². The maximum absolute atomic E-state index is 11.3. The largest absolute Gasteiger partial charge is 0.433 e. The van der Waals surface area contributed by atoms with Gasteiger partial charge in [0.25, 0.3) is 5.91 Å². The molecule has 74 valence electrons. The number of hydrogen-bond donors (Lipinski definition) is 0. The third-order valence-corrected chi connectivity index (χ3v) is 3.17. The second kappa shape index (κ2) is 2.87. The summed E-state index contributed by atoms with van der Waals surface area (Å²) in [5.41, 5.74) is -1.35. The molecule has 0 aliphatic carbocycles. The Kier molecular flexibility index (Phi) is 2.39. The Morgan fingerprint density at radius 2 is 1.85 bits per heavy atom. The van der Waals surface area contributed by atoms with Gasteiger partial charge in [-0.3, -0.25) is 9.36 Å². The topological polar surface area (TPSA) is 63.7 Å². The zero-order valence-corrected chi connectivity index (χ0v) is 9.19. The first kappa shape index (κ1) is 10.8. The Balaban J connectivity index is 3.11. The molecule has 2 amide bonds. The number of nitrogens with zero attached hydrogens (tertiary/aromatic N) is 1. The molecule has 0 atom stereocenters. The van der Waals surface area contributed by atoms with Crippen molar-refractivity contribution in [2.45, 2.75) is 19.4 Å². The number of carbonyl (C=O) groups excluding carboxylic acids is 2. The SMILES string of the molecule is CC1(C)OC(=O)N(P(=O)(Cl)Cl)C1=O. The fourth-order valence-electron chi connectivity index (χ4n) is 0.844. The molecule has 0 bridgehead atoms. The maximum atomic E-state index is 11.3. The average molecular weight is 246 g/mol. The van der Waals surface area contributed by atoms with Crippen LogP contribution in [0, 0.1) is 0 Å². The molecule has 0 saturated carbocycles. The van der Waals surface area contributed by atoms with Gasteiger partial charge >= 0.3 is 12.1 Å². The number of cyclic esters (lactones) is 1. The number of imide groups is 1. The van der Waals surface area contributed by atoms with Crippen molar-refractivity contribution in [2.24, 2.45) is 0 Å². The minimum atomic E-state index is -3.95. The van der Waals surface area contributed by atoms with Crippen molar-refractivity contribution in [3.63, 3.8) is 0 Å². The summed E-state index contributed by atoms with van der Waals surface area (Å²) in [6.45, 7) is 2.72. The fourth-order valence-corrected chi connectivity index (χ4v) is 2.31. The number of carbonyl (C=O) groups is 2. The van der Waals surface area contributed by atoms with Crippen LogP contribution in [-0.2, 0) is 14.1 Å². The second-order valence-corrected chi connectivity index (χ2v) is 7.47. The summed E-state index contributed by atoms with van der Waals surface area (Å²) in [6.07, 6.45) is -1.08. The Hall–Kier alpha value is -0.250. The van der Waals surface area contributed by atoms with Gasteiger partial charge in [0.05, 0.1) is 0 Å². The van der Waals surface area contributed by atoms with E-state index in [4.69, 9.17) is 22.5 Å². The van der Waals surface area contributed by atoms with Crippen LogP contribution in [0.1, 0.15) is 13.8 Å².